The Kier molecular flexibility index (Phi) is 7.26. The number of ether oxygens (including phenoxy) is 3. The third-order valence-electron chi connectivity index (χ3n) is 5.78. The zero-order valence-corrected chi connectivity index (χ0v) is 17.0. The summed E-state index contributed by atoms with van der Waals surface area (Å²) in [5, 5.41) is 7.12. The summed E-state index contributed by atoms with van der Waals surface area (Å²) in [6.45, 7) is 5.69. The minimum atomic E-state index is -5.08. The standard InChI is InChI=1S/C19H27NO3.C2HF3O2/c1-21-18-5-3-2-4-16(18)10-20-13-19(14-20)17(8-9-23-19)12-22-11-15-6-7-15;3-2(4,5)1(6)7/h2-5,15,17H,6-14H2,1H3;(H,6,7). The van der Waals surface area contributed by atoms with Crippen LogP contribution < -0.4 is 4.74 Å². The van der Waals surface area contributed by atoms with Crippen molar-refractivity contribution in [1.29, 1.82) is 0 Å². The fourth-order valence-corrected chi connectivity index (χ4v) is 3.93. The van der Waals surface area contributed by atoms with Crippen LogP contribution in [0.5, 0.6) is 5.75 Å². The van der Waals surface area contributed by atoms with Gasteiger partial charge in [-0.2, -0.15) is 13.2 Å². The number of hydrogen-bond acceptors (Lipinski definition) is 5. The third kappa shape index (κ3) is 5.86. The average Bonchev–Trinajstić information content (AvgIpc) is 3.40. The molecule has 2 aliphatic heterocycles. The van der Waals surface area contributed by atoms with Crippen LogP contribution in [-0.4, -0.2) is 67.8 Å². The number of carboxylic acid groups (broad SMARTS) is 1. The number of hydrogen-bond donors (Lipinski definition) is 1. The van der Waals surface area contributed by atoms with Gasteiger partial charge in [0, 0.05) is 44.3 Å². The van der Waals surface area contributed by atoms with Gasteiger partial charge in [-0.05, 0) is 31.2 Å². The average molecular weight is 431 g/mol. The molecule has 168 valence electrons. The van der Waals surface area contributed by atoms with Crippen molar-refractivity contribution >= 4 is 5.97 Å². The Morgan fingerprint density at radius 1 is 1.23 bits per heavy atom. The van der Waals surface area contributed by atoms with E-state index in [2.05, 4.69) is 17.0 Å². The molecule has 4 rings (SSSR count). The molecule has 3 aliphatic rings. The van der Waals surface area contributed by atoms with Crippen LogP contribution in [0, 0.1) is 11.8 Å². The van der Waals surface area contributed by atoms with Crippen molar-refractivity contribution in [2.45, 2.75) is 37.6 Å². The van der Waals surface area contributed by atoms with Gasteiger partial charge in [0.25, 0.3) is 0 Å². The molecule has 1 atom stereocenters. The summed E-state index contributed by atoms with van der Waals surface area (Å²) in [5.74, 6) is -0.371. The van der Waals surface area contributed by atoms with Crippen molar-refractivity contribution < 1.29 is 37.3 Å². The fraction of sp³-hybridized carbons (Fsp3) is 0.667. The van der Waals surface area contributed by atoms with Crippen LogP contribution in [0.3, 0.4) is 0 Å². The molecule has 2 heterocycles. The molecule has 1 aromatic carbocycles. The molecule has 1 N–H and O–H groups in total. The van der Waals surface area contributed by atoms with Gasteiger partial charge in [0.1, 0.15) is 5.75 Å². The van der Waals surface area contributed by atoms with E-state index in [1.165, 1.54) is 18.4 Å². The van der Waals surface area contributed by atoms with Crippen molar-refractivity contribution in [3.8, 4) is 5.75 Å². The molecule has 0 radical (unpaired) electrons. The molecule has 0 amide bonds. The molecule has 1 aliphatic carbocycles. The van der Waals surface area contributed by atoms with E-state index in [-0.39, 0.29) is 5.60 Å². The first-order chi connectivity index (χ1) is 14.2. The van der Waals surface area contributed by atoms with Crippen LogP contribution in [0.2, 0.25) is 0 Å². The normalized spacial score (nSPS) is 22.9. The quantitative estimate of drug-likeness (QED) is 0.714. The largest absolute Gasteiger partial charge is 0.496 e. The highest BCUT2D eigenvalue weighted by Gasteiger charge is 2.52. The Morgan fingerprint density at radius 2 is 1.90 bits per heavy atom. The van der Waals surface area contributed by atoms with Gasteiger partial charge < -0.3 is 19.3 Å². The molecule has 3 fully saturated rings. The van der Waals surface area contributed by atoms with Gasteiger partial charge in [-0.1, -0.05) is 18.2 Å². The molecule has 9 heteroatoms. The van der Waals surface area contributed by atoms with E-state index in [1.807, 2.05) is 12.1 Å². The summed E-state index contributed by atoms with van der Waals surface area (Å²) in [7, 11) is 1.74. The van der Waals surface area contributed by atoms with E-state index in [0.717, 1.165) is 57.5 Å². The van der Waals surface area contributed by atoms with Crippen molar-refractivity contribution in [2.24, 2.45) is 11.8 Å². The Morgan fingerprint density at radius 3 is 2.50 bits per heavy atom. The topological polar surface area (TPSA) is 68.2 Å². The van der Waals surface area contributed by atoms with Gasteiger partial charge in [-0.25, -0.2) is 4.79 Å². The van der Waals surface area contributed by atoms with E-state index in [0.29, 0.717) is 5.92 Å². The molecule has 0 bridgehead atoms. The van der Waals surface area contributed by atoms with Crippen LogP contribution in [0.1, 0.15) is 24.8 Å². The van der Waals surface area contributed by atoms with Crippen molar-refractivity contribution in [2.75, 3.05) is 40.0 Å². The number of methoxy groups -OCH3 is 1. The number of rotatable bonds is 7. The van der Waals surface area contributed by atoms with Crippen LogP contribution in [0.15, 0.2) is 24.3 Å². The number of aliphatic carboxylic acids is 1. The molecule has 2 saturated heterocycles. The second-order valence-electron chi connectivity index (χ2n) is 8.14. The van der Waals surface area contributed by atoms with Gasteiger partial charge in [-0.15, -0.1) is 0 Å². The van der Waals surface area contributed by atoms with Crippen LogP contribution >= 0.6 is 0 Å². The summed E-state index contributed by atoms with van der Waals surface area (Å²) >= 11 is 0. The first kappa shape index (κ1) is 22.8. The summed E-state index contributed by atoms with van der Waals surface area (Å²) < 4.78 is 49.3. The van der Waals surface area contributed by atoms with Gasteiger partial charge in [0.15, 0.2) is 0 Å². The molecule has 1 spiro atoms. The number of likely N-dealkylation sites (tertiary alicyclic amines) is 1. The van der Waals surface area contributed by atoms with E-state index in [9.17, 15) is 13.2 Å². The number of para-hydroxylation sites is 1. The summed E-state index contributed by atoms with van der Waals surface area (Å²) in [4.78, 5) is 11.4. The second-order valence-corrected chi connectivity index (χ2v) is 8.14. The Hall–Kier alpha value is -1.84. The van der Waals surface area contributed by atoms with E-state index in [4.69, 9.17) is 24.1 Å². The van der Waals surface area contributed by atoms with Crippen LogP contribution in [0.4, 0.5) is 13.2 Å². The first-order valence-corrected chi connectivity index (χ1v) is 10.1. The Bertz CT molecular complexity index is 717. The van der Waals surface area contributed by atoms with Crippen LogP contribution in [-0.2, 0) is 20.8 Å². The lowest BCUT2D eigenvalue weighted by Crippen LogP contribution is -2.64. The molecule has 30 heavy (non-hydrogen) atoms. The molecule has 0 aromatic heterocycles. The smallest absolute Gasteiger partial charge is 0.490 e. The van der Waals surface area contributed by atoms with E-state index >= 15 is 0 Å². The Balaban J connectivity index is 0.000000318. The molecule has 6 nitrogen and oxygen atoms in total. The van der Waals surface area contributed by atoms with Crippen molar-refractivity contribution in [3.63, 3.8) is 0 Å². The minimum absolute atomic E-state index is 0.0472. The van der Waals surface area contributed by atoms with Gasteiger partial charge in [0.05, 0.1) is 19.3 Å². The molecule has 1 unspecified atom stereocenters. The molecule has 1 aromatic rings. The van der Waals surface area contributed by atoms with Gasteiger partial charge >= 0.3 is 12.1 Å². The number of carboxylic acids is 1. The van der Waals surface area contributed by atoms with E-state index in [1.54, 1.807) is 7.11 Å². The summed E-state index contributed by atoms with van der Waals surface area (Å²) in [6.07, 6.45) is -1.22. The second kappa shape index (κ2) is 9.53. The Labute approximate surface area is 173 Å². The lowest BCUT2D eigenvalue weighted by Gasteiger charge is -2.50. The highest BCUT2D eigenvalue weighted by molar-refractivity contribution is 5.73. The number of benzene rings is 1. The fourth-order valence-electron chi connectivity index (χ4n) is 3.93. The SMILES string of the molecule is COc1ccccc1CN1CC2(C1)OCCC2COCC1CC1.O=C(O)C(F)(F)F. The van der Waals surface area contributed by atoms with E-state index < -0.39 is 12.1 Å². The zero-order valence-electron chi connectivity index (χ0n) is 17.0. The van der Waals surface area contributed by atoms with Crippen molar-refractivity contribution in [3.05, 3.63) is 29.8 Å². The first-order valence-electron chi connectivity index (χ1n) is 10.1. The predicted octanol–water partition coefficient (Wildman–Crippen LogP) is 3.35. The predicted molar refractivity (Wildman–Crippen MR) is 102 cm³/mol. The van der Waals surface area contributed by atoms with Gasteiger partial charge in [0.2, 0.25) is 0 Å². The maximum atomic E-state index is 10.6. The van der Waals surface area contributed by atoms with Crippen LogP contribution in [0.25, 0.3) is 0 Å². The van der Waals surface area contributed by atoms with Crippen molar-refractivity contribution in [1.82, 2.24) is 4.90 Å². The van der Waals surface area contributed by atoms with Gasteiger partial charge in [-0.3, -0.25) is 4.90 Å². The minimum Gasteiger partial charge on any atom is -0.496 e. The number of nitrogens with zero attached hydrogens (tertiary/aromatic N) is 1. The molecular weight excluding hydrogens is 403 g/mol. The zero-order chi connectivity index (χ0) is 21.8. The summed E-state index contributed by atoms with van der Waals surface area (Å²) in [5.41, 5.74) is 1.30. The number of halogens is 3. The number of carbonyl (C=O) groups is 1. The molecular formula is C21H28F3NO5. The number of alkyl halides is 3. The summed E-state index contributed by atoms with van der Waals surface area (Å²) in [6, 6.07) is 8.28. The highest BCUT2D eigenvalue weighted by Crippen LogP contribution is 2.41. The monoisotopic (exact) mass is 431 g/mol. The highest BCUT2D eigenvalue weighted by atomic mass is 19.4. The lowest BCUT2D eigenvalue weighted by atomic mass is 9.81. The lowest BCUT2D eigenvalue weighted by molar-refractivity contribution is -0.192. The molecule has 1 saturated carbocycles. The maximum Gasteiger partial charge on any atom is 0.490 e. The maximum absolute atomic E-state index is 10.6. The third-order valence-corrected chi connectivity index (χ3v) is 5.78.